The molecule has 0 unspecified atom stereocenters. The molecule has 0 fully saturated rings. The van der Waals surface area contributed by atoms with Crippen molar-refractivity contribution in [1.29, 1.82) is 0 Å². The third kappa shape index (κ3) is 12.9. The number of unbranched alkanes of at least 4 members (excludes halogenated alkanes) is 10. The van der Waals surface area contributed by atoms with Crippen molar-refractivity contribution in [3.05, 3.63) is 0 Å². The van der Waals surface area contributed by atoms with Gasteiger partial charge in [-0.1, -0.05) is 0 Å². The predicted octanol–water partition coefficient (Wildman–Crippen LogP) is 9.02. The molecule has 0 saturated carbocycles. The first kappa shape index (κ1) is 29.5. The molecule has 0 heterocycles. The fourth-order valence-corrected chi connectivity index (χ4v) is 9.74. The topological polar surface area (TPSA) is 44.8 Å². The van der Waals surface area contributed by atoms with Crippen LogP contribution < -0.4 is 0 Å². The van der Waals surface area contributed by atoms with Crippen molar-refractivity contribution in [3.8, 4) is 0 Å². The van der Waals surface area contributed by atoms with Gasteiger partial charge in [-0.25, -0.2) is 0 Å². The van der Waals surface area contributed by atoms with Crippen LogP contribution in [0.4, 0.5) is 0 Å². The summed E-state index contributed by atoms with van der Waals surface area (Å²) in [6, 6.07) is 0. The molecule has 0 amide bonds. The second kappa shape index (κ2) is 16.2. The van der Waals surface area contributed by atoms with Gasteiger partial charge < -0.3 is 0 Å². The Morgan fingerprint density at radius 2 is 0.931 bits per heavy atom. The summed E-state index contributed by atoms with van der Waals surface area (Å²) in [7, 11) is -3.52. The van der Waals surface area contributed by atoms with Gasteiger partial charge in [0.2, 0.25) is 0 Å². The zero-order valence-electron chi connectivity index (χ0n) is 20.5. The summed E-state index contributed by atoms with van der Waals surface area (Å²) in [6.07, 6.45) is 16.8. The molecule has 4 nitrogen and oxygen atoms in total. The average Bonchev–Trinajstić information content (AvgIpc) is 2.72. The summed E-state index contributed by atoms with van der Waals surface area (Å²) in [5.74, 6) is 0. The molecule has 0 N–H and O–H groups in total. The Kier molecular flexibility index (Phi) is 16.5. The van der Waals surface area contributed by atoms with Crippen molar-refractivity contribution < 1.29 is 17.9 Å². The monoisotopic (exact) mass is 454 g/mol. The summed E-state index contributed by atoms with van der Waals surface area (Å²) in [4.78, 5) is 0. The second-order valence-corrected chi connectivity index (χ2v) is 17.2. The van der Waals surface area contributed by atoms with Gasteiger partial charge in [0.1, 0.15) is 0 Å². The Morgan fingerprint density at radius 3 is 1.28 bits per heavy atom. The summed E-state index contributed by atoms with van der Waals surface area (Å²) < 4.78 is 31.6. The minimum absolute atomic E-state index is 0.462. The first-order valence-corrected chi connectivity index (χ1v) is 17.0. The van der Waals surface area contributed by atoms with Crippen LogP contribution in [0.15, 0.2) is 0 Å². The molecule has 0 aliphatic rings. The fraction of sp³-hybridized carbons (Fsp3) is 1.00. The maximum atomic E-state index is 13.5. The molecule has 0 rings (SSSR count). The standard InChI is InChI=1S/C23H52O4P2/c1-7-12-14-16-18-20-22-25-28(24,26-23-21-19-17-15-13-8-2)27-29(6,9-3,10-4)11-5/h7-23H2,1-6H3. The summed E-state index contributed by atoms with van der Waals surface area (Å²) in [5, 5.41) is 0. The van der Waals surface area contributed by atoms with Crippen molar-refractivity contribution in [2.24, 2.45) is 0 Å². The quantitative estimate of drug-likeness (QED) is 0.128. The molecular formula is C23H52O4P2. The summed E-state index contributed by atoms with van der Waals surface area (Å²) in [6.45, 7) is 11.5. The molecule has 0 aromatic rings. The van der Waals surface area contributed by atoms with Gasteiger partial charge in [-0.3, -0.25) is 0 Å². The van der Waals surface area contributed by atoms with Gasteiger partial charge in [0.15, 0.2) is 0 Å². The average molecular weight is 455 g/mol. The molecule has 0 bridgehead atoms. The molecule has 6 heteroatoms. The number of rotatable bonds is 21. The van der Waals surface area contributed by atoms with Crippen molar-refractivity contribution in [2.75, 3.05) is 38.4 Å². The molecule has 0 saturated heterocycles. The van der Waals surface area contributed by atoms with E-state index >= 15 is 0 Å². The predicted molar refractivity (Wildman–Crippen MR) is 132 cm³/mol. The third-order valence-electron chi connectivity index (χ3n) is 6.53. The van der Waals surface area contributed by atoms with Crippen LogP contribution in [0.25, 0.3) is 0 Å². The van der Waals surface area contributed by atoms with Crippen LogP contribution in [0.5, 0.6) is 0 Å². The normalized spacial score (nSPS) is 14.1. The molecular weight excluding hydrogens is 402 g/mol. The Balaban J connectivity index is 4.71. The third-order valence-corrected chi connectivity index (χ3v) is 15.7. The molecule has 0 radical (unpaired) electrons. The van der Waals surface area contributed by atoms with Crippen LogP contribution in [0.3, 0.4) is 0 Å². The SMILES string of the molecule is CCCCCCCCOP(=O)(OCCCCCCCC)OP(C)(CC)(CC)CC. The zero-order valence-corrected chi connectivity index (χ0v) is 22.3. The van der Waals surface area contributed by atoms with Crippen LogP contribution in [0, 0.1) is 0 Å². The van der Waals surface area contributed by atoms with E-state index in [1.807, 2.05) is 0 Å². The number of phosphoric acid groups is 1. The van der Waals surface area contributed by atoms with E-state index in [0.717, 1.165) is 44.2 Å². The van der Waals surface area contributed by atoms with Crippen LogP contribution in [0.1, 0.15) is 112 Å². The molecule has 178 valence electrons. The molecule has 0 atom stereocenters. The molecule has 29 heavy (non-hydrogen) atoms. The van der Waals surface area contributed by atoms with Crippen molar-refractivity contribution in [1.82, 2.24) is 0 Å². The minimum atomic E-state index is -3.52. The van der Waals surface area contributed by atoms with E-state index in [-0.39, 0.29) is 0 Å². The van der Waals surface area contributed by atoms with Gasteiger partial charge in [-0.15, -0.1) is 0 Å². The Hall–Kier alpha value is 0.540. The van der Waals surface area contributed by atoms with Crippen molar-refractivity contribution in [2.45, 2.75) is 112 Å². The zero-order chi connectivity index (χ0) is 22.1. The van der Waals surface area contributed by atoms with Crippen LogP contribution >= 0.6 is 14.7 Å². The van der Waals surface area contributed by atoms with E-state index in [9.17, 15) is 4.57 Å². The van der Waals surface area contributed by atoms with Crippen molar-refractivity contribution in [3.63, 3.8) is 0 Å². The van der Waals surface area contributed by atoms with Gasteiger partial charge in [0, 0.05) is 0 Å². The van der Waals surface area contributed by atoms with E-state index in [1.165, 1.54) is 51.4 Å². The Bertz CT molecular complexity index is 406. The van der Waals surface area contributed by atoms with Crippen molar-refractivity contribution >= 4 is 14.7 Å². The van der Waals surface area contributed by atoms with Gasteiger partial charge in [-0.05, 0) is 0 Å². The van der Waals surface area contributed by atoms with Gasteiger partial charge in [0.25, 0.3) is 0 Å². The van der Waals surface area contributed by atoms with Crippen LogP contribution in [-0.4, -0.2) is 38.4 Å². The van der Waals surface area contributed by atoms with Crippen LogP contribution in [-0.2, 0) is 17.9 Å². The van der Waals surface area contributed by atoms with Crippen LogP contribution in [0.2, 0.25) is 0 Å². The van der Waals surface area contributed by atoms with E-state index in [2.05, 4.69) is 41.3 Å². The second-order valence-electron chi connectivity index (χ2n) is 8.87. The Labute approximate surface area is 182 Å². The van der Waals surface area contributed by atoms with E-state index < -0.39 is 14.7 Å². The summed E-state index contributed by atoms with van der Waals surface area (Å²) >= 11 is 0. The number of phosphoric ester groups is 1. The molecule has 0 aliphatic carbocycles. The first-order valence-electron chi connectivity index (χ1n) is 12.4. The van der Waals surface area contributed by atoms with E-state index in [0.29, 0.717) is 13.2 Å². The number of hydrogen-bond donors (Lipinski definition) is 0. The summed E-state index contributed by atoms with van der Waals surface area (Å²) in [5.41, 5.74) is 0. The van der Waals surface area contributed by atoms with E-state index in [1.54, 1.807) is 0 Å². The Morgan fingerprint density at radius 1 is 0.586 bits per heavy atom. The molecule has 0 aromatic carbocycles. The maximum absolute atomic E-state index is 13.5. The number of hydrogen-bond acceptors (Lipinski definition) is 4. The molecule has 0 aliphatic heterocycles. The molecule has 0 aromatic heterocycles. The van der Waals surface area contributed by atoms with Gasteiger partial charge in [0.05, 0.1) is 0 Å². The van der Waals surface area contributed by atoms with E-state index in [4.69, 9.17) is 13.4 Å². The first-order chi connectivity index (χ1) is 13.8. The molecule has 0 spiro atoms. The fourth-order valence-electron chi connectivity index (χ4n) is 3.36. The van der Waals surface area contributed by atoms with Gasteiger partial charge in [-0.2, -0.15) is 0 Å². The van der Waals surface area contributed by atoms with Gasteiger partial charge >= 0.3 is 183 Å².